The lowest BCUT2D eigenvalue weighted by molar-refractivity contribution is -0.110. The van der Waals surface area contributed by atoms with E-state index in [-0.39, 0.29) is 5.91 Å². The molecule has 1 heterocycles. The molecule has 20 heavy (non-hydrogen) atoms. The van der Waals surface area contributed by atoms with Gasteiger partial charge >= 0.3 is 0 Å². The smallest absolute Gasteiger partial charge is 0.276 e. The van der Waals surface area contributed by atoms with Crippen molar-refractivity contribution in [2.75, 3.05) is 10.7 Å². The number of nitrogens with zero attached hydrogens (tertiary/aromatic N) is 1. The summed E-state index contributed by atoms with van der Waals surface area (Å²) < 4.78 is 0.891. The highest BCUT2D eigenvalue weighted by Gasteiger charge is 2.29. The summed E-state index contributed by atoms with van der Waals surface area (Å²) in [6.07, 6.45) is 0. The third kappa shape index (κ3) is 2.20. The Bertz CT molecular complexity index is 711. The molecule has 5 heteroatoms. The van der Waals surface area contributed by atoms with Crippen molar-refractivity contribution in [3.05, 3.63) is 58.1 Å². The van der Waals surface area contributed by atoms with Crippen LogP contribution in [0.4, 0.5) is 11.4 Å². The molecule has 1 aliphatic heterocycles. The minimum Gasteiger partial charge on any atom is -0.320 e. The fourth-order valence-corrected chi connectivity index (χ4v) is 2.58. The number of anilines is 2. The van der Waals surface area contributed by atoms with Crippen molar-refractivity contribution in [1.82, 2.24) is 0 Å². The second-order valence-corrected chi connectivity index (χ2v) is 5.30. The van der Waals surface area contributed by atoms with Gasteiger partial charge in [-0.3, -0.25) is 10.2 Å². The number of rotatable bonds is 2. The Balaban J connectivity index is 2.00. The van der Waals surface area contributed by atoms with Gasteiger partial charge in [0.15, 0.2) is 5.71 Å². The van der Waals surface area contributed by atoms with E-state index in [0.29, 0.717) is 5.71 Å². The van der Waals surface area contributed by atoms with Crippen LogP contribution in [0.25, 0.3) is 0 Å². The molecule has 0 saturated heterocycles. The molecule has 0 bridgehead atoms. The van der Waals surface area contributed by atoms with Gasteiger partial charge in [0.05, 0.1) is 11.4 Å². The number of halogens is 1. The molecule has 0 unspecified atom stereocenters. The van der Waals surface area contributed by atoms with Gasteiger partial charge < -0.3 is 5.32 Å². The van der Waals surface area contributed by atoms with Crippen molar-refractivity contribution < 1.29 is 4.79 Å². The first kappa shape index (κ1) is 12.9. The minimum absolute atomic E-state index is 0.199. The fourth-order valence-electron chi connectivity index (χ4n) is 2.05. The highest BCUT2D eigenvalue weighted by molar-refractivity contribution is 9.10. The predicted octanol–water partition coefficient (Wildman–Crippen LogP) is 3.53. The van der Waals surface area contributed by atoms with Crippen molar-refractivity contribution in [2.45, 2.75) is 6.92 Å². The quantitative estimate of drug-likeness (QED) is 0.828. The number of carbonyl (C=O) groups excluding carboxylic acids is 1. The first-order valence-corrected chi connectivity index (χ1v) is 6.95. The lowest BCUT2D eigenvalue weighted by Crippen LogP contribution is -2.16. The van der Waals surface area contributed by atoms with Gasteiger partial charge in [-0.15, -0.1) is 0 Å². The van der Waals surface area contributed by atoms with Gasteiger partial charge in [-0.1, -0.05) is 24.3 Å². The summed E-state index contributed by atoms with van der Waals surface area (Å²) in [6.45, 7) is 1.98. The summed E-state index contributed by atoms with van der Waals surface area (Å²) in [7, 11) is 0. The molecule has 2 aromatic carbocycles. The third-order valence-corrected chi connectivity index (χ3v) is 4.13. The molecular weight excluding hydrogens is 318 g/mol. The molecule has 1 amide bonds. The number of nitrogens with one attached hydrogen (secondary N) is 2. The zero-order valence-electron chi connectivity index (χ0n) is 10.8. The number of amides is 1. The molecule has 3 rings (SSSR count). The van der Waals surface area contributed by atoms with Crippen molar-refractivity contribution in [1.29, 1.82) is 0 Å². The molecule has 0 spiro atoms. The van der Waals surface area contributed by atoms with Gasteiger partial charge in [-0.25, -0.2) is 0 Å². The monoisotopic (exact) mass is 329 g/mol. The zero-order chi connectivity index (χ0) is 14.1. The number of aryl methyl sites for hydroxylation is 1. The van der Waals surface area contributed by atoms with E-state index in [2.05, 4.69) is 31.8 Å². The van der Waals surface area contributed by atoms with Gasteiger partial charge in [-0.2, -0.15) is 5.10 Å². The van der Waals surface area contributed by atoms with Gasteiger partial charge in [-0.05, 0) is 46.6 Å². The Kier molecular flexibility index (Phi) is 3.28. The molecule has 1 aliphatic rings. The first-order chi connectivity index (χ1) is 9.66. The second-order valence-electron chi connectivity index (χ2n) is 4.51. The molecule has 100 valence electrons. The number of benzene rings is 2. The Hall–Kier alpha value is -2.14. The van der Waals surface area contributed by atoms with E-state index in [1.54, 1.807) is 0 Å². The molecule has 0 aromatic heterocycles. The standard InChI is InChI=1S/C15H12BrN3O/c1-9-7-8-11-12(13(9)16)14(15(20)17-11)19-18-10-5-3-2-4-6-10/h2-8,18H,1H3,(H,17,19,20). The Morgan fingerprint density at radius 1 is 1.15 bits per heavy atom. The molecule has 2 N–H and O–H groups in total. The number of hydrazone groups is 1. The summed E-state index contributed by atoms with van der Waals surface area (Å²) in [5.41, 5.74) is 6.78. The Morgan fingerprint density at radius 3 is 2.65 bits per heavy atom. The van der Waals surface area contributed by atoms with Crippen LogP contribution in [0.1, 0.15) is 11.1 Å². The molecule has 0 fully saturated rings. The fraction of sp³-hybridized carbons (Fsp3) is 0.0667. The van der Waals surface area contributed by atoms with Crippen LogP contribution in [-0.4, -0.2) is 11.6 Å². The van der Waals surface area contributed by atoms with E-state index in [0.717, 1.165) is 27.0 Å². The second kappa shape index (κ2) is 5.09. The van der Waals surface area contributed by atoms with Crippen molar-refractivity contribution in [2.24, 2.45) is 5.10 Å². The van der Waals surface area contributed by atoms with E-state index in [1.807, 2.05) is 49.4 Å². The summed E-state index contributed by atoms with van der Waals surface area (Å²) in [5, 5.41) is 7.05. The molecule has 2 aromatic rings. The predicted molar refractivity (Wildman–Crippen MR) is 84.1 cm³/mol. The molecule has 0 saturated carbocycles. The van der Waals surface area contributed by atoms with E-state index in [9.17, 15) is 4.79 Å². The van der Waals surface area contributed by atoms with E-state index >= 15 is 0 Å². The third-order valence-electron chi connectivity index (χ3n) is 3.11. The van der Waals surface area contributed by atoms with E-state index in [1.165, 1.54) is 0 Å². The maximum Gasteiger partial charge on any atom is 0.276 e. The number of carbonyl (C=O) groups is 1. The number of fused-ring (bicyclic) bond motifs is 1. The average Bonchev–Trinajstić information content (AvgIpc) is 2.78. The van der Waals surface area contributed by atoms with Crippen LogP contribution in [0.3, 0.4) is 0 Å². The van der Waals surface area contributed by atoms with Gasteiger partial charge in [0.2, 0.25) is 0 Å². The molecule has 0 radical (unpaired) electrons. The Morgan fingerprint density at radius 2 is 1.90 bits per heavy atom. The van der Waals surface area contributed by atoms with Crippen LogP contribution in [0, 0.1) is 6.92 Å². The minimum atomic E-state index is -0.199. The summed E-state index contributed by atoms with van der Waals surface area (Å²) >= 11 is 3.52. The van der Waals surface area contributed by atoms with Crippen LogP contribution < -0.4 is 10.7 Å². The van der Waals surface area contributed by atoms with E-state index < -0.39 is 0 Å². The number of hydrogen-bond acceptors (Lipinski definition) is 3. The SMILES string of the molecule is Cc1ccc2c(c1Br)/C(=N/Nc1ccccc1)C(=O)N2. The number of para-hydroxylation sites is 1. The molecule has 0 aliphatic carbocycles. The molecular formula is C15H12BrN3O. The summed E-state index contributed by atoms with van der Waals surface area (Å²) in [6, 6.07) is 13.4. The van der Waals surface area contributed by atoms with Crippen LogP contribution in [-0.2, 0) is 4.79 Å². The summed E-state index contributed by atoms with van der Waals surface area (Å²) in [5.74, 6) is -0.199. The normalized spacial score (nSPS) is 15.1. The Labute approximate surface area is 125 Å². The maximum absolute atomic E-state index is 12.0. The highest BCUT2D eigenvalue weighted by atomic mass is 79.9. The maximum atomic E-state index is 12.0. The molecule has 4 nitrogen and oxygen atoms in total. The van der Waals surface area contributed by atoms with Crippen LogP contribution in [0.15, 0.2) is 52.0 Å². The van der Waals surface area contributed by atoms with Crippen molar-refractivity contribution >= 4 is 38.9 Å². The zero-order valence-corrected chi connectivity index (χ0v) is 12.4. The van der Waals surface area contributed by atoms with Crippen LogP contribution in [0.2, 0.25) is 0 Å². The van der Waals surface area contributed by atoms with Crippen LogP contribution >= 0.6 is 15.9 Å². The van der Waals surface area contributed by atoms with Gasteiger partial charge in [0, 0.05) is 10.0 Å². The van der Waals surface area contributed by atoms with Crippen molar-refractivity contribution in [3.63, 3.8) is 0 Å². The average molecular weight is 330 g/mol. The highest BCUT2D eigenvalue weighted by Crippen LogP contribution is 2.33. The van der Waals surface area contributed by atoms with E-state index in [4.69, 9.17) is 0 Å². The first-order valence-electron chi connectivity index (χ1n) is 6.16. The number of hydrogen-bond donors (Lipinski definition) is 2. The topological polar surface area (TPSA) is 53.5 Å². The largest absolute Gasteiger partial charge is 0.320 e. The van der Waals surface area contributed by atoms with Gasteiger partial charge in [0.25, 0.3) is 5.91 Å². The molecule has 0 atom stereocenters. The lowest BCUT2D eigenvalue weighted by Gasteiger charge is -2.05. The summed E-state index contributed by atoms with van der Waals surface area (Å²) in [4.78, 5) is 12.0. The van der Waals surface area contributed by atoms with Crippen LogP contribution in [0.5, 0.6) is 0 Å². The van der Waals surface area contributed by atoms with Crippen molar-refractivity contribution in [3.8, 4) is 0 Å². The lowest BCUT2D eigenvalue weighted by atomic mass is 10.1. The van der Waals surface area contributed by atoms with Gasteiger partial charge in [0.1, 0.15) is 0 Å².